The van der Waals surface area contributed by atoms with E-state index >= 15 is 4.39 Å². The van der Waals surface area contributed by atoms with Crippen LogP contribution < -0.4 is 11.4 Å². The van der Waals surface area contributed by atoms with Crippen LogP contribution in [0.3, 0.4) is 0 Å². The number of likely N-dealkylation sites (tertiary alicyclic amines) is 1. The summed E-state index contributed by atoms with van der Waals surface area (Å²) in [5.74, 6) is 0.733. The Morgan fingerprint density at radius 1 is 1.24 bits per heavy atom. The van der Waals surface area contributed by atoms with Crippen LogP contribution in [0, 0.1) is 11.7 Å². The fourth-order valence-electron chi connectivity index (χ4n) is 6.50. The van der Waals surface area contributed by atoms with Crippen LogP contribution in [0.4, 0.5) is 4.39 Å². The molecule has 0 aliphatic carbocycles. The molecular weight excluding hydrogens is 587 g/mol. The summed E-state index contributed by atoms with van der Waals surface area (Å²) in [5.41, 5.74) is 9.58. The van der Waals surface area contributed by atoms with E-state index in [-0.39, 0.29) is 11.1 Å². The molecule has 1 saturated heterocycles. The van der Waals surface area contributed by atoms with Gasteiger partial charge in [-0.3, -0.25) is 14.5 Å². The number of nitrogens with two attached hydrogens (primary N) is 1. The van der Waals surface area contributed by atoms with Crippen LogP contribution in [-0.2, 0) is 6.42 Å². The van der Waals surface area contributed by atoms with E-state index in [1.54, 1.807) is 12.3 Å². The number of amidine groups is 1. The molecular formula is C36H44ClFN6O. The molecule has 0 amide bonds. The Kier molecular flexibility index (Phi) is 10.6. The Hall–Kier alpha value is -3.75. The minimum atomic E-state index is -0.487. The van der Waals surface area contributed by atoms with E-state index < -0.39 is 11.5 Å². The van der Waals surface area contributed by atoms with Crippen LogP contribution in [0.15, 0.2) is 71.1 Å². The molecule has 3 heterocycles. The standard InChI is InChI=1S/C36H44ClFN6O/c1-5-18-43-28(16-17-40-24(4)39)10-7-11-33(43)26-12-14-29(15-13-26)44-22-27-21-32(41-35(27)42-36(44)45)30-19-25(9-6-8-23(2)3)20-31(37)34(30)38/h5,12-15,19-23,28,33H,1,6-11,16-18H2,2-4H3,(H2,39,40)(H,41,42,45). The largest absolute Gasteiger partial charge is 0.388 e. The van der Waals surface area contributed by atoms with E-state index in [9.17, 15) is 4.79 Å². The number of nitrogens with zero attached hydrogens (tertiary/aromatic N) is 4. The fourth-order valence-corrected chi connectivity index (χ4v) is 6.74. The second kappa shape index (κ2) is 14.6. The number of aromatic nitrogens is 3. The summed E-state index contributed by atoms with van der Waals surface area (Å²) in [6.07, 6.45) is 10.9. The lowest BCUT2D eigenvalue weighted by Crippen LogP contribution is -2.42. The Bertz CT molecular complexity index is 1720. The Morgan fingerprint density at radius 2 is 2.02 bits per heavy atom. The predicted molar refractivity (Wildman–Crippen MR) is 184 cm³/mol. The van der Waals surface area contributed by atoms with E-state index in [1.165, 1.54) is 10.1 Å². The van der Waals surface area contributed by atoms with Crippen molar-refractivity contribution in [2.24, 2.45) is 16.6 Å². The molecule has 1 fully saturated rings. The van der Waals surface area contributed by atoms with Crippen molar-refractivity contribution in [1.82, 2.24) is 19.4 Å². The van der Waals surface area contributed by atoms with Gasteiger partial charge in [0.1, 0.15) is 5.65 Å². The third-order valence-corrected chi connectivity index (χ3v) is 9.01. The van der Waals surface area contributed by atoms with Gasteiger partial charge in [0.2, 0.25) is 0 Å². The van der Waals surface area contributed by atoms with Crippen molar-refractivity contribution < 1.29 is 4.39 Å². The topological polar surface area (TPSA) is 92.3 Å². The number of piperidine rings is 1. The molecule has 3 N–H and O–H groups in total. The van der Waals surface area contributed by atoms with Gasteiger partial charge in [-0.1, -0.05) is 50.1 Å². The van der Waals surface area contributed by atoms with E-state index in [0.717, 1.165) is 69.3 Å². The normalized spacial score (nSPS) is 17.8. The molecule has 2 unspecified atom stereocenters. The SMILES string of the molecule is C=CCN1C(CCN=C(C)N)CCCC1c1ccc(-n2cc3cc(-c4cc(CCCC(C)C)cc(Cl)c4F)[nH]c3nc2=O)cc1. The number of benzene rings is 2. The summed E-state index contributed by atoms with van der Waals surface area (Å²) in [5, 5.41) is 0.797. The third kappa shape index (κ3) is 7.74. The molecule has 2 atom stereocenters. The Morgan fingerprint density at radius 3 is 2.73 bits per heavy atom. The van der Waals surface area contributed by atoms with Gasteiger partial charge in [0.15, 0.2) is 5.82 Å². The number of hydrogen-bond donors (Lipinski definition) is 2. The molecule has 0 bridgehead atoms. The molecule has 5 rings (SSSR count). The second-order valence-corrected chi connectivity index (χ2v) is 13.0. The van der Waals surface area contributed by atoms with Crippen molar-refractivity contribution in [2.75, 3.05) is 13.1 Å². The maximum Gasteiger partial charge on any atom is 0.354 e. The summed E-state index contributed by atoms with van der Waals surface area (Å²) in [6.45, 7) is 11.7. The van der Waals surface area contributed by atoms with Gasteiger partial charge in [0, 0.05) is 42.3 Å². The predicted octanol–water partition coefficient (Wildman–Crippen LogP) is 8.00. The molecule has 0 radical (unpaired) electrons. The van der Waals surface area contributed by atoms with Crippen LogP contribution in [0.5, 0.6) is 0 Å². The van der Waals surface area contributed by atoms with Crippen LogP contribution in [-0.4, -0.2) is 44.4 Å². The van der Waals surface area contributed by atoms with E-state index in [0.29, 0.717) is 40.1 Å². The average Bonchev–Trinajstić information content (AvgIpc) is 3.41. The van der Waals surface area contributed by atoms with Crippen LogP contribution >= 0.6 is 11.6 Å². The second-order valence-electron chi connectivity index (χ2n) is 12.6. The average molecular weight is 631 g/mol. The Labute approximate surface area is 270 Å². The van der Waals surface area contributed by atoms with Gasteiger partial charge in [0.25, 0.3) is 0 Å². The highest BCUT2D eigenvalue weighted by molar-refractivity contribution is 6.31. The first-order valence-corrected chi connectivity index (χ1v) is 16.4. The van der Waals surface area contributed by atoms with Gasteiger partial charge in [-0.05, 0) is 92.8 Å². The van der Waals surface area contributed by atoms with Crippen molar-refractivity contribution in [2.45, 2.75) is 77.8 Å². The third-order valence-electron chi connectivity index (χ3n) is 8.74. The zero-order valence-corrected chi connectivity index (χ0v) is 27.3. The highest BCUT2D eigenvalue weighted by Gasteiger charge is 2.30. The summed E-state index contributed by atoms with van der Waals surface area (Å²) in [7, 11) is 0. The van der Waals surface area contributed by atoms with Crippen molar-refractivity contribution in [1.29, 1.82) is 0 Å². The first kappa shape index (κ1) is 32.6. The fraction of sp³-hybridized carbons (Fsp3) is 0.417. The minimum Gasteiger partial charge on any atom is -0.388 e. The maximum absolute atomic E-state index is 15.2. The number of H-pyrrole nitrogens is 1. The van der Waals surface area contributed by atoms with Crippen molar-refractivity contribution in [3.05, 3.63) is 93.8 Å². The first-order chi connectivity index (χ1) is 21.6. The van der Waals surface area contributed by atoms with Crippen molar-refractivity contribution >= 4 is 28.5 Å². The van der Waals surface area contributed by atoms with Gasteiger partial charge in [-0.2, -0.15) is 4.98 Å². The number of rotatable bonds is 12. The number of aryl methyl sites for hydroxylation is 1. The van der Waals surface area contributed by atoms with Crippen LogP contribution in [0.25, 0.3) is 28.0 Å². The summed E-state index contributed by atoms with van der Waals surface area (Å²) in [4.78, 5) is 27.5. The first-order valence-electron chi connectivity index (χ1n) is 16.0. The van der Waals surface area contributed by atoms with Crippen LogP contribution in [0.2, 0.25) is 5.02 Å². The van der Waals surface area contributed by atoms with Crippen molar-refractivity contribution in [3.63, 3.8) is 0 Å². The molecule has 7 nitrogen and oxygen atoms in total. The molecule has 1 aliphatic heterocycles. The quantitative estimate of drug-likeness (QED) is 0.0942. The molecule has 4 aromatic rings. The van der Waals surface area contributed by atoms with E-state index in [2.05, 4.69) is 52.4 Å². The molecule has 2 aromatic carbocycles. The maximum atomic E-state index is 15.2. The highest BCUT2D eigenvalue weighted by atomic mass is 35.5. The van der Waals surface area contributed by atoms with Crippen LogP contribution in [0.1, 0.15) is 76.5 Å². The number of halogens is 2. The Balaban J connectivity index is 1.39. The lowest BCUT2D eigenvalue weighted by atomic mass is 9.89. The number of fused-ring (bicyclic) bond motifs is 1. The molecule has 45 heavy (non-hydrogen) atoms. The number of hydrogen-bond acceptors (Lipinski definition) is 4. The highest BCUT2D eigenvalue weighted by Crippen LogP contribution is 2.36. The van der Waals surface area contributed by atoms with Gasteiger partial charge >= 0.3 is 5.69 Å². The van der Waals surface area contributed by atoms with Gasteiger partial charge in [-0.25, -0.2) is 9.18 Å². The zero-order valence-electron chi connectivity index (χ0n) is 26.5. The molecule has 1 aliphatic rings. The van der Waals surface area contributed by atoms with Gasteiger partial charge in [-0.15, -0.1) is 6.58 Å². The van der Waals surface area contributed by atoms with E-state index in [4.69, 9.17) is 17.3 Å². The molecule has 2 aromatic heterocycles. The smallest absolute Gasteiger partial charge is 0.354 e. The number of nitrogens with one attached hydrogen (secondary N) is 1. The monoisotopic (exact) mass is 630 g/mol. The lowest BCUT2D eigenvalue weighted by Gasteiger charge is -2.42. The molecule has 0 spiro atoms. The lowest BCUT2D eigenvalue weighted by molar-refractivity contribution is 0.0922. The van der Waals surface area contributed by atoms with E-state index in [1.807, 2.05) is 37.3 Å². The number of aromatic amines is 1. The number of aliphatic imine (C=N–C) groups is 1. The zero-order chi connectivity index (χ0) is 32.1. The van der Waals surface area contributed by atoms with Gasteiger partial charge < -0.3 is 10.7 Å². The molecule has 0 saturated carbocycles. The minimum absolute atomic E-state index is 0.0911. The molecule has 9 heteroatoms. The molecule has 238 valence electrons. The summed E-state index contributed by atoms with van der Waals surface area (Å²) >= 11 is 6.30. The van der Waals surface area contributed by atoms with Gasteiger partial charge in [0.05, 0.1) is 22.2 Å². The summed E-state index contributed by atoms with van der Waals surface area (Å²) in [6, 6.07) is 14.2. The van der Waals surface area contributed by atoms with Crippen molar-refractivity contribution in [3.8, 4) is 16.9 Å². The summed E-state index contributed by atoms with van der Waals surface area (Å²) < 4.78 is 16.7.